The number of nitrogens with two attached hydrogens (primary N) is 1. The van der Waals surface area contributed by atoms with Crippen LogP contribution in [0.15, 0.2) is 29.2 Å². The zero-order chi connectivity index (χ0) is 23.3. The van der Waals surface area contributed by atoms with E-state index < -0.39 is 10.0 Å². The number of benzene rings is 1. The molecule has 0 amide bonds. The fraction of sp³-hybridized carbons (Fsp3) is 0.793. The summed E-state index contributed by atoms with van der Waals surface area (Å²) in [4.78, 5) is 0.394. The Kier molecular flexibility index (Phi) is 4.95. The number of rotatable bonds is 6. The summed E-state index contributed by atoms with van der Waals surface area (Å²) >= 11 is 0. The molecule has 34 heavy (non-hydrogen) atoms. The minimum Gasteiger partial charge on any atom is -0.326 e. The molecule has 1 aromatic carbocycles. The van der Waals surface area contributed by atoms with Crippen LogP contribution >= 0.6 is 0 Å². The first-order chi connectivity index (χ1) is 16.2. The lowest BCUT2D eigenvalue weighted by Crippen LogP contribution is -2.68. The molecule has 0 saturated heterocycles. The van der Waals surface area contributed by atoms with E-state index in [1.807, 2.05) is 19.1 Å². The molecule has 0 aromatic heterocycles. The van der Waals surface area contributed by atoms with Crippen LogP contribution in [0.5, 0.6) is 0 Å². The minimum absolute atomic E-state index is 0.0509. The molecule has 3 N–H and O–H groups in total. The Bertz CT molecular complexity index is 992. The molecule has 0 unspecified atom stereocenters. The van der Waals surface area contributed by atoms with Crippen molar-refractivity contribution in [3.05, 3.63) is 29.8 Å². The summed E-state index contributed by atoms with van der Waals surface area (Å²) in [7, 11) is -3.62. The predicted octanol–water partition coefficient (Wildman–Crippen LogP) is 5.40. The second-order valence-electron chi connectivity index (χ2n) is 14.0. The van der Waals surface area contributed by atoms with E-state index in [1.165, 1.54) is 77.0 Å². The van der Waals surface area contributed by atoms with Gasteiger partial charge in [0.2, 0.25) is 10.0 Å². The number of hydrogen-bond donors (Lipinski definition) is 2. The molecule has 0 aliphatic heterocycles. The summed E-state index contributed by atoms with van der Waals surface area (Å²) in [6, 6.07) is 7.15. The van der Waals surface area contributed by atoms with Crippen LogP contribution in [0, 0.1) is 53.3 Å². The third-order valence-corrected chi connectivity index (χ3v) is 13.0. The molecule has 4 nitrogen and oxygen atoms in total. The molecular formula is C29H42N2O2S. The third kappa shape index (κ3) is 3.47. The van der Waals surface area contributed by atoms with Gasteiger partial charge in [-0.05, 0) is 142 Å². The summed E-state index contributed by atoms with van der Waals surface area (Å²) in [5, 5.41) is 0. The lowest BCUT2D eigenvalue weighted by molar-refractivity contribution is -0.113. The van der Waals surface area contributed by atoms with Gasteiger partial charge in [-0.15, -0.1) is 0 Å². The molecule has 2 atom stereocenters. The molecule has 8 bridgehead atoms. The van der Waals surface area contributed by atoms with E-state index in [0.717, 1.165) is 41.1 Å². The van der Waals surface area contributed by atoms with Gasteiger partial charge in [-0.25, -0.2) is 13.1 Å². The summed E-state index contributed by atoms with van der Waals surface area (Å²) < 4.78 is 31.0. The van der Waals surface area contributed by atoms with Crippen LogP contribution in [0.1, 0.15) is 82.6 Å². The van der Waals surface area contributed by atoms with Gasteiger partial charge in [-0.2, -0.15) is 0 Å². The van der Waals surface area contributed by atoms with Gasteiger partial charge < -0.3 is 5.73 Å². The van der Waals surface area contributed by atoms with Gasteiger partial charge in [-0.1, -0.05) is 17.7 Å². The van der Waals surface area contributed by atoms with Crippen molar-refractivity contribution >= 4 is 10.0 Å². The Morgan fingerprint density at radius 3 is 1.53 bits per heavy atom. The first-order valence-corrected chi connectivity index (χ1v) is 15.5. The van der Waals surface area contributed by atoms with Crippen LogP contribution < -0.4 is 10.5 Å². The van der Waals surface area contributed by atoms with Crippen molar-refractivity contribution in [2.45, 2.75) is 101 Å². The second kappa shape index (κ2) is 7.55. The highest BCUT2D eigenvalue weighted by Crippen LogP contribution is 2.65. The van der Waals surface area contributed by atoms with E-state index in [9.17, 15) is 8.42 Å². The molecule has 8 aliphatic carbocycles. The largest absolute Gasteiger partial charge is 0.326 e. The van der Waals surface area contributed by atoms with E-state index >= 15 is 0 Å². The Labute approximate surface area is 205 Å². The van der Waals surface area contributed by atoms with E-state index in [1.54, 1.807) is 12.1 Å². The van der Waals surface area contributed by atoms with Crippen molar-refractivity contribution in [1.82, 2.24) is 4.72 Å². The first kappa shape index (κ1) is 22.3. The van der Waals surface area contributed by atoms with Crippen LogP contribution in [0.2, 0.25) is 0 Å². The molecule has 0 heterocycles. The molecule has 0 spiro atoms. The summed E-state index contributed by atoms with van der Waals surface area (Å²) in [6.45, 7) is 2.00. The van der Waals surface area contributed by atoms with Gasteiger partial charge in [0.1, 0.15) is 0 Å². The lowest BCUT2D eigenvalue weighted by atomic mass is 9.43. The first-order valence-electron chi connectivity index (χ1n) is 14.1. The van der Waals surface area contributed by atoms with E-state index in [0.29, 0.717) is 4.90 Å². The van der Waals surface area contributed by atoms with Gasteiger partial charge in [0.15, 0.2) is 0 Å². The Balaban J connectivity index is 1.27. The van der Waals surface area contributed by atoms with Crippen molar-refractivity contribution in [2.24, 2.45) is 52.1 Å². The number of aryl methyl sites for hydroxylation is 1. The topological polar surface area (TPSA) is 72.2 Å². The summed E-state index contributed by atoms with van der Waals surface area (Å²) in [5.74, 6) is 4.80. The lowest BCUT2D eigenvalue weighted by Gasteiger charge is -2.64. The Morgan fingerprint density at radius 1 is 0.735 bits per heavy atom. The average Bonchev–Trinajstić information content (AvgIpc) is 2.75. The zero-order valence-corrected chi connectivity index (χ0v) is 21.5. The van der Waals surface area contributed by atoms with Crippen LogP contribution in [-0.4, -0.2) is 20.5 Å². The fourth-order valence-corrected chi connectivity index (χ4v) is 12.4. The van der Waals surface area contributed by atoms with Gasteiger partial charge in [-0.3, -0.25) is 0 Å². The molecule has 186 valence electrons. The maximum atomic E-state index is 13.8. The Morgan fingerprint density at radius 2 is 1.12 bits per heavy atom. The van der Waals surface area contributed by atoms with Crippen molar-refractivity contribution in [3.63, 3.8) is 0 Å². The molecule has 9 rings (SSSR count). The van der Waals surface area contributed by atoms with Crippen molar-refractivity contribution in [1.29, 1.82) is 0 Å². The number of sulfonamides is 1. The van der Waals surface area contributed by atoms with Crippen LogP contribution in [0.25, 0.3) is 0 Å². The quantitative estimate of drug-likeness (QED) is 0.570. The molecule has 8 aliphatic rings. The van der Waals surface area contributed by atoms with Gasteiger partial charge in [0.05, 0.1) is 4.90 Å². The molecule has 0 radical (unpaired) electrons. The third-order valence-electron chi connectivity index (χ3n) is 11.5. The zero-order valence-electron chi connectivity index (χ0n) is 20.7. The van der Waals surface area contributed by atoms with Gasteiger partial charge in [0.25, 0.3) is 0 Å². The van der Waals surface area contributed by atoms with E-state index in [-0.39, 0.29) is 22.9 Å². The highest BCUT2D eigenvalue weighted by molar-refractivity contribution is 7.89. The maximum absolute atomic E-state index is 13.8. The average molecular weight is 483 g/mol. The minimum atomic E-state index is -3.62. The fourth-order valence-electron chi connectivity index (χ4n) is 11.0. The molecule has 8 fully saturated rings. The van der Waals surface area contributed by atoms with E-state index in [2.05, 4.69) is 4.72 Å². The summed E-state index contributed by atoms with van der Waals surface area (Å²) in [6.07, 6.45) is 15.5. The van der Waals surface area contributed by atoms with Crippen LogP contribution in [0.4, 0.5) is 0 Å². The molecular weight excluding hydrogens is 440 g/mol. The SMILES string of the molecule is Cc1ccc(S(=O)(=O)N[C@@H]([C@H](N)C23CC4CC(CC(C4)C2)C3)C23CC4CC(CC(C4)C2)C3)cc1. The van der Waals surface area contributed by atoms with Crippen LogP contribution in [0.3, 0.4) is 0 Å². The normalized spacial score (nSPS) is 46.1. The molecule has 1 aromatic rings. The van der Waals surface area contributed by atoms with E-state index in [4.69, 9.17) is 5.73 Å². The smallest absolute Gasteiger partial charge is 0.240 e. The summed E-state index contributed by atoms with van der Waals surface area (Å²) in [5.41, 5.74) is 8.69. The van der Waals surface area contributed by atoms with Crippen molar-refractivity contribution < 1.29 is 8.42 Å². The molecule has 8 saturated carbocycles. The highest BCUT2D eigenvalue weighted by Gasteiger charge is 2.61. The van der Waals surface area contributed by atoms with Gasteiger partial charge >= 0.3 is 0 Å². The molecule has 5 heteroatoms. The van der Waals surface area contributed by atoms with Crippen LogP contribution in [-0.2, 0) is 10.0 Å². The number of nitrogens with one attached hydrogen (secondary N) is 1. The van der Waals surface area contributed by atoms with Gasteiger partial charge in [0, 0.05) is 12.1 Å². The standard InChI is InChI=1S/C29H42N2O2S/c1-18-2-4-25(5-3-18)34(32,33)31-27(29-15-22-9-23(16-29)11-24(10-22)17-29)26(30)28-12-19-6-20(13-28)8-21(7-19)14-28/h2-5,19-24,26-27,31H,6-17,30H2,1H3/t19?,20?,21?,22?,23?,24?,26-,27-,28?,29?/m0/s1. The van der Waals surface area contributed by atoms with Crippen molar-refractivity contribution in [2.75, 3.05) is 0 Å². The second-order valence-corrected chi connectivity index (χ2v) is 15.7. The highest BCUT2D eigenvalue weighted by atomic mass is 32.2. The monoisotopic (exact) mass is 482 g/mol. The maximum Gasteiger partial charge on any atom is 0.240 e. The predicted molar refractivity (Wildman–Crippen MR) is 134 cm³/mol. The number of hydrogen-bond acceptors (Lipinski definition) is 3. The van der Waals surface area contributed by atoms with Crippen molar-refractivity contribution in [3.8, 4) is 0 Å². The Hall–Kier alpha value is -0.910.